The average Bonchev–Trinajstić information content (AvgIpc) is 2.00. The normalized spacial score (nSPS) is 18.2. The standard InChI is InChI=1S/C5H7N3O6/c1-14-4(9)6-2-5(3-6,7(10)11)8(12)13/h2-3H2,1H3. The first-order chi connectivity index (χ1) is 6.44. The van der Waals surface area contributed by atoms with Crippen LogP contribution in [-0.2, 0) is 4.74 Å². The van der Waals surface area contributed by atoms with Crippen LogP contribution in [0.4, 0.5) is 4.79 Å². The molecule has 0 aromatic rings. The van der Waals surface area contributed by atoms with Crippen molar-refractivity contribution in [3.05, 3.63) is 20.2 Å². The molecule has 1 fully saturated rings. The molecule has 0 aliphatic carbocycles. The van der Waals surface area contributed by atoms with Gasteiger partial charge in [0.2, 0.25) is 0 Å². The predicted octanol–water partition coefficient (Wildman–Crippen LogP) is -0.682. The van der Waals surface area contributed by atoms with Crippen molar-refractivity contribution in [1.82, 2.24) is 4.90 Å². The molecule has 1 aliphatic rings. The van der Waals surface area contributed by atoms with E-state index in [1.165, 1.54) is 0 Å². The van der Waals surface area contributed by atoms with Gasteiger partial charge in [-0.25, -0.2) is 4.79 Å². The van der Waals surface area contributed by atoms with Crippen molar-refractivity contribution in [2.75, 3.05) is 20.2 Å². The summed E-state index contributed by atoms with van der Waals surface area (Å²) in [7, 11) is 1.10. The first kappa shape index (κ1) is 10.2. The molecule has 1 heterocycles. The second-order valence-electron chi connectivity index (χ2n) is 2.82. The molecule has 0 saturated carbocycles. The Labute approximate surface area is 77.5 Å². The van der Waals surface area contributed by atoms with E-state index in [1.807, 2.05) is 0 Å². The van der Waals surface area contributed by atoms with Gasteiger partial charge in [-0.2, -0.15) is 0 Å². The molecule has 0 atom stereocenters. The van der Waals surface area contributed by atoms with Crippen LogP contribution in [0.25, 0.3) is 0 Å². The molecule has 0 N–H and O–H groups in total. The van der Waals surface area contributed by atoms with E-state index < -0.39 is 34.7 Å². The van der Waals surface area contributed by atoms with Crippen LogP contribution in [0.2, 0.25) is 0 Å². The summed E-state index contributed by atoms with van der Waals surface area (Å²) in [5.41, 5.74) is -2.26. The van der Waals surface area contributed by atoms with Crippen LogP contribution in [0.3, 0.4) is 0 Å². The van der Waals surface area contributed by atoms with Crippen LogP contribution >= 0.6 is 0 Å². The fourth-order valence-electron chi connectivity index (χ4n) is 1.12. The number of nitro groups is 2. The molecular weight excluding hydrogens is 198 g/mol. The van der Waals surface area contributed by atoms with Crippen LogP contribution in [0, 0.1) is 20.2 Å². The maximum absolute atomic E-state index is 10.8. The lowest BCUT2D eigenvalue weighted by molar-refractivity contribution is -0.809. The number of methoxy groups -OCH3 is 1. The van der Waals surface area contributed by atoms with Gasteiger partial charge in [-0.3, -0.25) is 25.1 Å². The van der Waals surface area contributed by atoms with Crippen molar-refractivity contribution in [2.24, 2.45) is 0 Å². The van der Waals surface area contributed by atoms with Crippen molar-refractivity contribution in [3.8, 4) is 0 Å². The van der Waals surface area contributed by atoms with Gasteiger partial charge in [0.15, 0.2) is 13.1 Å². The third kappa shape index (κ3) is 1.22. The molecule has 14 heavy (non-hydrogen) atoms. The summed E-state index contributed by atoms with van der Waals surface area (Å²) < 4.78 is 4.25. The number of amides is 1. The number of carbonyl (C=O) groups is 1. The topological polar surface area (TPSA) is 116 Å². The number of rotatable bonds is 2. The van der Waals surface area contributed by atoms with Crippen molar-refractivity contribution in [2.45, 2.75) is 5.66 Å². The Kier molecular flexibility index (Phi) is 2.24. The summed E-state index contributed by atoms with van der Waals surface area (Å²) in [6.45, 7) is -1.11. The second kappa shape index (κ2) is 3.09. The molecule has 0 aromatic carbocycles. The molecule has 1 rings (SSSR count). The number of carbonyl (C=O) groups excluding carboxylic acids is 1. The minimum absolute atomic E-state index is 0.556. The molecule has 0 aromatic heterocycles. The van der Waals surface area contributed by atoms with Crippen molar-refractivity contribution < 1.29 is 19.4 Å². The molecule has 9 heteroatoms. The van der Waals surface area contributed by atoms with Gasteiger partial charge < -0.3 is 4.74 Å². The predicted molar refractivity (Wildman–Crippen MR) is 40.7 cm³/mol. The Balaban J connectivity index is 2.70. The zero-order valence-corrected chi connectivity index (χ0v) is 7.21. The summed E-state index contributed by atoms with van der Waals surface area (Å²) >= 11 is 0. The minimum atomic E-state index is -2.26. The smallest absolute Gasteiger partial charge is 0.453 e. The fraction of sp³-hybridized carbons (Fsp3) is 0.800. The van der Waals surface area contributed by atoms with Crippen LogP contribution in [0.1, 0.15) is 0 Å². The molecule has 0 bridgehead atoms. The quantitative estimate of drug-likeness (QED) is 0.335. The van der Waals surface area contributed by atoms with E-state index in [2.05, 4.69) is 4.74 Å². The van der Waals surface area contributed by atoms with Gasteiger partial charge in [-0.15, -0.1) is 0 Å². The molecule has 1 aliphatic heterocycles. The van der Waals surface area contributed by atoms with E-state index in [4.69, 9.17) is 0 Å². The zero-order valence-electron chi connectivity index (χ0n) is 7.21. The highest BCUT2D eigenvalue weighted by Gasteiger charge is 2.68. The highest BCUT2D eigenvalue weighted by Crippen LogP contribution is 2.25. The first-order valence-electron chi connectivity index (χ1n) is 3.56. The summed E-state index contributed by atoms with van der Waals surface area (Å²) in [5, 5.41) is 20.8. The van der Waals surface area contributed by atoms with Crippen LogP contribution < -0.4 is 0 Å². The lowest BCUT2D eigenvalue weighted by atomic mass is 10.0. The van der Waals surface area contributed by atoms with Gasteiger partial charge in [-0.05, 0) is 0 Å². The molecule has 1 saturated heterocycles. The van der Waals surface area contributed by atoms with E-state index in [-0.39, 0.29) is 0 Å². The summed E-state index contributed by atoms with van der Waals surface area (Å²) in [5.74, 6) is 0. The SMILES string of the molecule is COC(=O)N1CC([N+](=O)[O-])([N+](=O)[O-])C1. The molecule has 1 amide bonds. The second-order valence-corrected chi connectivity index (χ2v) is 2.82. The van der Waals surface area contributed by atoms with E-state index in [1.54, 1.807) is 0 Å². The molecule has 0 unspecified atom stereocenters. The van der Waals surface area contributed by atoms with Crippen LogP contribution in [0.5, 0.6) is 0 Å². The number of likely N-dealkylation sites (tertiary alicyclic amines) is 1. The summed E-state index contributed by atoms with van der Waals surface area (Å²) in [6.07, 6.45) is -0.802. The fourth-order valence-corrected chi connectivity index (χ4v) is 1.12. The van der Waals surface area contributed by atoms with Gasteiger partial charge in [0.25, 0.3) is 0 Å². The Morgan fingerprint density at radius 3 is 2.07 bits per heavy atom. The van der Waals surface area contributed by atoms with Gasteiger partial charge in [0, 0.05) is 0 Å². The third-order valence-electron chi connectivity index (χ3n) is 2.00. The van der Waals surface area contributed by atoms with Crippen LogP contribution in [-0.4, -0.2) is 46.7 Å². The van der Waals surface area contributed by atoms with Gasteiger partial charge >= 0.3 is 11.8 Å². The Morgan fingerprint density at radius 1 is 1.36 bits per heavy atom. The van der Waals surface area contributed by atoms with Crippen molar-refractivity contribution >= 4 is 6.09 Å². The van der Waals surface area contributed by atoms with E-state index >= 15 is 0 Å². The Morgan fingerprint density at radius 2 is 1.79 bits per heavy atom. The number of hydrogen-bond acceptors (Lipinski definition) is 6. The Bertz CT molecular complexity index is 280. The summed E-state index contributed by atoms with van der Waals surface area (Å²) in [4.78, 5) is 30.5. The maximum Gasteiger partial charge on any atom is 0.492 e. The lowest BCUT2D eigenvalue weighted by Gasteiger charge is -2.34. The van der Waals surface area contributed by atoms with Gasteiger partial charge in [0.1, 0.15) is 9.85 Å². The minimum Gasteiger partial charge on any atom is -0.453 e. The van der Waals surface area contributed by atoms with Gasteiger partial charge in [-0.1, -0.05) is 0 Å². The zero-order chi connectivity index (χ0) is 10.9. The summed E-state index contributed by atoms with van der Waals surface area (Å²) in [6, 6.07) is 0. The lowest BCUT2D eigenvalue weighted by Crippen LogP contribution is -2.71. The van der Waals surface area contributed by atoms with E-state index in [0.29, 0.717) is 0 Å². The number of nitrogens with zero attached hydrogens (tertiary/aromatic N) is 3. The van der Waals surface area contributed by atoms with Crippen molar-refractivity contribution in [1.29, 1.82) is 0 Å². The monoisotopic (exact) mass is 205 g/mol. The number of ether oxygens (including phenoxy) is 1. The molecule has 0 radical (unpaired) electrons. The third-order valence-corrected chi connectivity index (χ3v) is 2.00. The van der Waals surface area contributed by atoms with Gasteiger partial charge in [0.05, 0.1) is 7.11 Å². The number of hydrogen-bond donors (Lipinski definition) is 0. The Hall–Kier alpha value is -1.93. The molecular formula is C5H7N3O6. The molecule has 0 spiro atoms. The largest absolute Gasteiger partial charge is 0.492 e. The highest BCUT2D eigenvalue weighted by atomic mass is 16.7. The van der Waals surface area contributed by atoms with E-state index in [9.17, 15) is 25.0 Å². The first-order valence-corrected chi connectivity index (χ1v) is 3.56. The van der Waals surface area contributed by atoms with E-state index in [0.717, 1.165) is 12.0 Å². The average molecular weight is 205 g/mol. The molecule has 78 valence electrons. The van der Waals surface area contributed by atoms with Crippen molar-refractivity contribution in [3.63, 3.8) is 0 Å². The van der Waals surface area contributed by atoms with Crippen LogP contribution in [0.15, 0.2) is 0 Å². The maximum atomic E-state index is 10.8. The molecule has 9 nitrogen and oxygen atoms in total. The highest BCUT2D eigenvalue weighted by molar-refractivity contribution is 5.68.